The van der Waals surface area contributed by atoms with E-state index in [1.807, 2.05) is 47.1 Å². The van der Waals surface area contributed by atoms with Gasteiger partial charge in [0.15, 0.2) is 0 Å². The Morgan fingerprint density at radius 1 is 0.923 bits per heavy atom. The number of benzene rings is 2. The minimum absolute atomic E-state index is 0.238. The zero-order valence-electron chi connectivity index (χ0n) is 13.5. The van der Waals surface area contributed by atoms with Crippen LogP contribution in [0.4, 0.5) is 5.69 Å². The minimum Gasteiger partial charge on any atom is -0.306 e. The Morgan fingerprint density at radius 2 is 1.65 bits per heavy atom. The first-order valence-electron chi connectivity index (χ1n) is 7.84. The normalized spacial score (nSPS) is 11.6. The van der Waals surface area contributed by atoms with Crippen LogP contribution < -0.4 is 4.72 Å². The van der Waals surface area contributed by atoms with Gasteiger partial charge >= 0.3 is 0 Å². The molecule has 0 amide bonds. The number of nitrogens with one attached hydrogen (secondary N) is 1. The van der Waals surface area contributed by atoms with Gasteiger partial charge in [-0.1, -0.05) is 18.2 Å². The molecule has 7 heteroatoms. The van der Waals surface area contributed by atoms with Gasteiger partial charge in [-0.05, 0) is 71.1 Å². The fourth-order valence-electron chi connectivity index (χ4n) is 2.61. The maximum absolute atomic E-state index is 12.5. The predicted molar refractivity (Wildman–Crippen MR) is 111 cm³/mol. The average molecular weight is 475 g/mol. The van der Waals surface area contributed by atoms with Crippen molar-refractivity contribution in [1.29, 1.82) is 0 Å². The Kier molecular flexibility index (Phi) is 4.41. The van der Waals surface area contributed by atoms with Crippen LogP contribution in [-0.4, -0.2) is 17.8 Å². The third-order valence-corrected chi connectivity index (χ3v) is 6.04. The highest BCUT2D eigenvalue weighted by Crippen LogP contribution is 2.23. The van der Waals surface area contributed by atoms with Gasteiger partial charge in [-0.15, -0.1) is 0 Å². The number of aromatic nitrogens is 2. The monoisotopic (exact) mass is 475 g/mol. The van der Waals surface area contributed by atoms with Gasteiger partial charge in [0.1, 0.15) is 5.65 Å². The third kappa shape index (κ3) is 3.45. The number of imidazole rings is 1. The molecule has 130 valence electrons. The Hall–Kier alpha value is -2.39. The van der Waals surface area contributed by atoms with E-state index in [9.17, 15) is 8.42 Å². The van der Waals surface area contributed by atoms with E-state index in [1.54, 1.807) is 36.4 Å². The second-order valence-electron chi connectivity index (χ2n) is 5.73. The lowest BCUT2D eigenvalue weighted by Gasteiger charge is -2.08. The number of anilines is 1. The van der Waals surface area contributed by atoms with Gasteiger partial charge in [-0.3, -0.25) is 4.72 Å². The fraction of sp³-hybridized carbons (Fsp3) is 0. The lowest BCUT2D eigenvalue weighted by Crippen LogP contribution is -2.12. The third-order valence-electron chi connectivity index (χ3n) is 3.92. The van der Waals surface area contributed by atoms with Crippen molar-refractivity contribution in [2.45, 2.75) is 4.90 Å². The van der Waals surface area contributed by atoms with Gasteiger partial charge in [0.25, 0.3) is 10.0 Å². The molecule has 0 aliphatic rings. The van der Waals surface area contributed by atoms with E-state index in [1.165, 1.54) is 0 Å². The van der Waals surface area contributed by atoms with Crippen LogP contribution in [0.5, 0.6) is 0 Å². The SMILES string of the molecule is O=S(=O)(Nc1ccc(-c2cn3ccccc3n2)cc1)c1ccc(I)cc1. The maximum atomic E-state index is 12.5. The summed E-state index contributed by atoms with van der Waals surface area (Å²) in [5.74, 6) is 0. The molecule has 0 saturated carbocycles. The molecule has 0 spiro atoms. The summed E-state index contributed by atoms with van der Waals surface area (Å²) < 4.78 is 30.4. The molecule has 2 aromatic carbocycles. The smallest absolute Gasteiger partial charge is 0.261 e. The number of hydrogen-bond donors (Lipinski definition) is 1. The largest absolute Gasteiger partial charge is 0.306 e. The van der Waals surface area contributed by atoms with E-state index in [2.05, 4.69) is 32.3 Å². The summed E-state index contributed by atoms with van der Waals surface area (Å²) in [6.07, 6.45) is 3.88. The highest BCUT2D eigenvalue weighted by atomic mass is 127. The van der Waals surface area contributed by atoms with Crippen LogP contribution in [0, 0.1) is 3.57 Å². The van der Waals surface area contributed by atoms with Crippen molar-refractivity contribution in [2.75, 3.05) is 4.72 Å². The number of fused-ring (bicyclic) bond motifs is 1. The van der Waals surface area contributed by atoms with Gasteiger partial charge in [-0.2, -0.15) is 0 Å². The quantitative estimate of drug-likeness (QED) is 0.445. The van der Waals surface area contributed by atoms with Crippen molar-refractivity contribution in [3.63, 3.8) is 0 Å². The van der Waals surface area contributed by atoms with Crippen molar-refractivity contribution in [2.24, 2.45) is 0 Å². The molecule has 2 aromatic heterocycles. The van der Waals surface area contributed by atoms with Crippen LogP contribution in [0.25, 0.3) is 16.9 Å². The Balaban J connectivity index is 1.58. The molecule has 0 bridgehead atoms. The molecule has 0 aliphatic carbocycles. The number of pyridine rings is 1. The van der Waals surface area contributed by atoms with E-state index < -0.39 is 10.0 Å². The second-order valence-corrected chi connectivity index (χ2v) is 8.66. The standard InChI is InChI=1S/C19H14IN3O2S/c20-15-6-10-17(11-7-15)26(24,25)22-16-8-4-14(5-9-16)18-13-23-12-2-1-3-19(23)21-18/h1-13,22H. The lowest BCUT2D eigenvalue weighted by atomic mass is 10.1. The van der Waals surface area contributed by atoms with Crippen molar-refractivity contribution in [3.8, 4) is 11.3 Å². The molecule has 0 radical (unpaired) electrons. The number of halogens is 1. The summed E-state index contributed by atoms with van der Waals surface area (Å²) in [4.78, 5) is 4.80. The van der Waals surface area contributed by atoms with Crippen molar-refractivity contribution in [1.82, 2.24) is 9.38 Å². The van der Waals surface area contributed by atoms with E-state index >= 15 is 0 Å². The van der Waals surface area contributed by atoms with E-state index in [0.29, 0.717) is 5.69 Å². The van der Waals surface area contributed by atoms with Crippen LogP contribution in [0.3, 0.4) is 0 Å². The zero-order chi connectivity index (χ0) is 18.1. The minimum atomic E-state index is -3.60. The number of rotatable bonds is 4. The van der Waals surface area contributed by atoms with Gasteiger partial charge in [0, 0.05) is 27.2 Å². The molecule has 0 saturated heterocycles. The van der Waals surface area contributed by atoms with E-state index in [4.69, 9.17) is 0 Å². The van der Waals surface area contributed by atoms with Gasteiger partial charge in [0.2, 0.25) is 0 Å². The first-order chi connectivity index (χ1) is 12.5. The van der Waals surface area contributed by atoms with E-state index in [-0.39, 0.29) is 4.90 Å². The van der Waals surface area contributed by atoms with Crippen LogP contribution in [0.2, 0.25) is 0 Å². The van der Waals surface area contributed by atoms with Gasteiger partial charge in [-0.25, -0.2) is 13.4 Å². The van der Waals surface area contributed by atoms with Crippen LogP contribution in [-0.2, 0) is 10.0 Å². The number of sulfonamides is 1. The molecule has 5 nitrogen and oxygen atoms in total. The van der Waals surface area contributed by atoms with Crippen LogP contribution in [0.1, 0.15) is 0 Å². The zero-order valence-corrected chi connectivity index (χ0v) is 16.5. The first kappa shape index (κ1) is 17.0. The van der Waals surface area contributed by atoms with E-state index in [0.717, 1.165) is 20.5 Å². The second kappa shape index (κ2) is 6.73. The maximum Gasteiger partial charge on any atom is 0.261 e. The van der Waals surface area contributed by atoms with Gasteiger partial charge < -0.3 is 4.40 Å². The molecule has 0 unspecified atom stereocenters. The Morgan fingerprint density at radius 3 is 2.35 bits per heavy atom. The Labute approximate surface area is 164 Å². The summed E-state index contributed by atoms with van der Waals surface area (Å²) >= 11 is 2.14. The summed E-state index contributed by atoms with van der Waals surface area (Å²) in [6, 6.07) is 19.7. The summed E-state index contributed by atoms with van der Waals surface area (Å²) in [5, 5.41) is 0. The molecule has 0 atom stereocenters. The van der Waals surface area contributed by atoms with Crippen molar-refractivity contribution in [3.05, 3.63) is 82.7 Å². The molecule has 26 heavy (non-hydrogen) atoms. The molecule has 1 N–H and O–H groups in total. The molecular formula is C19H14IN3O2S. The average Bonchev–Trinajstić information content (AvgIpc) is 3.06. The molecule has 0 aliphatic heterocycles. The van der Waals surface area contributed by atoms with Crippen LogP contribution >= 0.6 is 22.6 Å². The lowest BCUT2D eigenvalue weighted by molar-refractivity contribution is 0.601. The Bertz CT molecular complexity index is 1130. The molecule has 2 heterocycles. The number of hydrogen-bond acceptors (Lipinski definition) is 3. The van der Waals surface area contributed by atoms with Crippen molar-refractivity contribution >= 4 is 43.9 Å². The van der Waals surface area contributed by atoms with Gasteiger partial charge in [0.05, 0.1) is 10.6 Å². The molecule has 4 rings (SSSR count). The van der Waals surface area contributed by atoms with Crippen LogP contribution in [0.15, 0.2) is 84.0 Å². The first-order valence-corrected chi connectivity index (χ1v) is 10.4. The fourth-order valence-corrected chi connectivity index (χ4v) is 4.03. The summed E-state index contributed by atoms with van der Waals surface area (Å²) in [7, 11) is -3.60. The highest BCUT2D eigenvalue weighted by Gasteiger charge is 2.14. The summed E-state index contributed by atoms with van der Waals surface area (Å²) in [5.41, 5.74) is 3.14. The predicted octanol–water partition coefficient (Wildman–Crippen LogP) is 4.41. The summed E-state index contributed by atoms with van der Waals surface area (Å²) in [6.45, 7) is 0. The van der Waals surface area contributed by atoms with Crippen molar-refractivity contribution < 1.29 is 8.42 Å². The molecule has 4 aromatic rings. The molecular weight excluding hydrogens is 461 g/mol. The molecule has 0 fully saturated rings. The topological polar surface area (TPSA) is 63.5 Å². The number of nitrogens with zero attached hydrogens (tertiary/aromatic N) is 2. The highest BCUT2D eigenvalue weighted by molar-refractivity contribution is 14.1.